The van der Waals surface area contributed by atoms with E-state index in [0.29, 0.717) is 40.7 Å². The predicted octanol–water partition coefficient (Wildman–Crippen LogP) is 4.23. The van der Waals surface area contributed by atoms with Crippen molar-refractivity contribution in [2.24, 2.45) is 40.2 Å². The normalized spacial score (nSPS) is 47.9. The van der Waals surface area contributed by atoms with Gasteiger partial charge in [0.2, 0.25) is 0 Å². The van der Waals surface area contributed by atoms with Crippen molar-refractivity contribution in [2.75, 3.05) is 12.3 Å². The van der Waals surface area contributed by atoms with Crippen LogP contribution < -0.4 is 5.73 Å². The van der Waals surface area contributed by atoms with Gasteiger partial charge in [-0.3, -0.25) is 9.00 Å². The van der Waals surface area contributed by atoms with Crippen LogP contribution in [0.5, 0.6) is 0 Å². The molecule has 0 aliphatic heterocycles. The Balaban J connectivity index is 1.55. The maximum atomic E-state index is 12.7. The molecule has 0 bridgehead atoms. The van der Waals surface area contributed by atoms with E-state index in [1.165, 1.54) is 18.4 Å². The molecule has 4 aliphatic carbocycles. The topological polar surface area (TPSA) is 60.2 Å². The van der Waals surface area contributed by atoms with Crippen LogP contribution in [-0.4, -0.2) is 27.5 Å². The summed E-state index contributed by atoms with van der Waals surface area (Å²) in [6.45, 7) is 9.92. The summed E-state index contributed by atoms with van der Waals surface area (Å²) in [5.41, 5.74) is 7.24. The van der Waals surface area contributed by atoms with Crippen LogP contribution in [0.3, 0.4) is 0 Å². The molecule has 0 aromatic rings. The first-order valence-electron chi connectivity index (χ1n) is 11.1. The number of carbonyl (C=O) groups excluding carboxylic acids is 1. The minimum atomic E-state index is -0.746. The Hall–Kier alpha value is -0.480. The van der Waals surface area contributed by atoms with Gasteiger partial charge in [-0.1, -0.05) is 26.0 Å². The Morgan fingerprint density at radius 2 is 1.96 bits per heavy atom. The fourth-order valence-electron chi connectivity index (χ4n) is 7.61. The van der Waals surface area contributed by atoms with E-state index >= 15 is 0 Å². The smallest absolute Gasteiger partial charge is 0.139 e. The first-order chi connectivity index (χ1) is 12.8. The van der Waals surface area contributed by atoms with Crippen LogP contribution >= 0.6 is 0 Å². The third kappa shape index (κ3) is 3.01. The molecule has 3 nitrogen and oxygen atoms in total. The number of ketones is 1. The molecular formula is C23H37NO2S. The number of Topliss-reactive ketones (excluding diaryl/α,β-unsaturated/α-hetero) is 1. The maximum absolute atomic E-state index is 12.7. The molecule has 0 heterocycles. The Morgan fingerprint density at radius 3 is 2.70 bits per heavy atom. The standard InChI is InChI=1S/C23H37NO2S/c1-15-13-17-18-5-6-21(25)23(18,3)10-8-19(17)22(2)9-7-16(14-20(15)22)27(26)12-4-11-24/h16-20H,1,4-14,24H2,2-3H3/t16-,17+,18+,19+,20?,22-,23+,27?/m1/s1. The number of nitrogens with two attached hydrogens (primary N) is 1. The third-order valence-electron chi connectivity index (χ3n) is 9.20. The molecule has 4 fully saturated rings. The number of carbonyl (C=O) groups is 1. The number of rotatable bonds is 4. The Labute approximate surface area is 167 Å². The van der Waals surface area contributed by atoms with Gasteiger partial charge >= 0.3 is 0 Å². The van der Waals surface area contributed by atoms with E-state index in [1.54, 1.807) is 0 Å². The average molecular weight is 392 g/mol. The molecule has 4 aliphatic rings. The molecule has 8 atom stereocenters. The lowest BCUT2D eigenvalue weighted by molar-refractivity contribution is -0.135. The van der Waals surface area contributed by atoms with Crippen LogP contribution in [0.15, 0.2) is 12.2 Å². The quantitative estimate of drug-likeness (QED) is 0.730. The lowest BCUT2D eigenvalue weighted by Gasteiger charge is -2.60. The van der Waals surface area contributed by atoms with Gasteiger partial charge in [-0.2, -0.15) is 0 Å². The Bertz CT molecular complexity index is 661. The van der Waals surface area contributed by atoms with Crippen LogP contribution in [-0.2, 0) is 15.6 Å². The molecule has 27 heavy (non-hydrogen) atoms. The first kappa shape index (κ1) is 19.8. The minimum absolute atomic E-state index is 0.0639. The van der Waals surface area contributed by atoms with Crippen molar-refractivity contribution in [1.82, 2.24) is 0 Å². The fourth-order valence-corrected chi connectivity index (χ4v) is 9.18. The van der Waals surface area contributed by atoms with E-state index < -0.39 is 10.8 Å². The molecule has 0 aromatic heterocycles. The highest BCUT2D eigenvalue weighted by Gasteiger charge is 2.61. The van der Waals surface area contributed by atoms with Gasteiger partial charge in [0, 0.05) is 33.6 Å². The van der Waals surface area contributed by atoms with Crippen molar-refractivity contribution >= 4 is 16.6 Å². The molecule has 4 saturated carbocycles. The van der Waals surface area contributed by atoms with E-state index in [9.17, 15) is 9.00 Å². The second kappa shape index (κ2) is 7.09. The molecular weight excluding hydrogens is 354 g/mol. The fraction of sp³-hybridized carbons (Fsp3) is 0.870. The zero-order valence-electron chi connectivity index (χ0n) is 17.2. The summed E-state index contributed by atoms with van der Waals surface area (Å²) in [4.78, 5) is 12.6. The molecule has 2 N–H and O–H groups in total. The summed E-state index contributed by atoms with van der Waals surface area (Å²) in [6, 6.07) is 0. The second-order valence-electron chi connectivity index (χ2n) is 10.3. The Kier molecular flexibility index (Phi) is 5.20. The zero-order valence-corrected chi connectivity index (χ0v) is 18.0. The summed E-state index contributed by atoms with van der Waals surface area (Å²) < 4.78 is 12.7. The highest BCUT2D eigenvalue weighted by molar-refractivity contribution is 7.85. The number of hydrogen-bond acceptors (Lipinski definition) is 3. The number of hydrogen-bond donors (Lipinski definition) is 1. The van der Waals surface area contributed by atoms with Crippen LogP contribution in [0, 0.1) is 34.5 Å². The van der Waals surface area contributed by atoms with E-state index in [4.69, 9.17) is 5.73 Å². The van der Waals surface area contributed by atoms with E-state index in [1.807, 2.05) is 0 Å². The maximum Gasteiger partial charge on any atom is 0.139 e. The van der Waals surface area contributed by atoms with E-state index in [-0.39, 0.29) is 5.41 Å². The zero-order chi connectivity index (χ0) is 19.4. The lowest BCUT2D eigenvalue weighted by atomic mass is 9.44. The first-order valence-corrected chi connectivity index (χ1v) is 12.5. The van der Waals surface area contributed by atoms with Crippen molar-refractivity contribution in [2.45, 2.75) is 76.9 Å². The predicted molar refractivity (Wildman–Crippen MR) is 112 cm³/mol. The summed E-state index contributed by atoms with van der Waals surface area (Å²) in [5, 5.41) is 0.324. The summed E-state index contributed by atoms with van der Waals surface area (Å²) in [6.07, 6.45) is 9.44. The molecule has 0 aromatic carbocycles. The lowest BCUT2D eigenvalue weighted by Crippen LogP contribution is -2.55. The van der Waals surface area contributed by atoms with Gasteiger partial charge in [0.05, 0.1) is 0 Å². The summed E-state index contributed by atoms with van der Waals surface area (Å²) in [5.74, 6) is 3.71. The van der Waals surface area contributed by atoms with Gasteiger partial charge in [0.1, 0.15) is 5.78 Å². The SMILES string of the molecule is C=C1C[C@@H]2[C@H](CC[C@]3(C)C(=O)CC[C@@H]23)[C@@]2(C)CC[C@@H](S(=O)CCCN)CC12. The third-order valence-corrected chi connectivity index (χ3v) is 11.1. The molecule has 0 amide bonds. The summed E-state index contributed by atoms with van der Waals surface area (Å²) >= 11 is 0. The van der Waals surface area contributed by atoms with Crippen LogP contribution in [0.25, 0.3) is 0 Å². The largest absolute Gasteiger partial charge is 0.330 e. The van der Waals surface area contributed by atoms with Crippen molar-refractivity contribution in [3.8, 4) is 0 Å². The molecule has 0 spiro atoms. The van der Waals surface area contributed by atoms with Gasteiger partial charge in [-0.05, 0) is 87.0 Å². The number of fused-ring (bicyclic) bond motifs is 5. The minimum Gasteiger partial charge on any atom is -0.330 e. The van der Waals surface area contributed by atoms with Gasteiger partial charge < -0.3 is 5.73 Å². The monoisotopic (exact) mass is 391 g/mol. The number of allylic oxidation sites excluding steroid dienone is 1. The van der Waals surface area contributed by atoms with E-state index in [2.05, 4.69) is 20.4 Å². The van der Waals surface area contributed by atoms with Crippen molar-refractivity contribution < 1.29 is 9.00 Å². The molecule has 152 valence electrons. The van der Waals surface area contributed by atoms with E-state index in [0.717, 1.165) is 56.6 Å². The molecule has 2 unspecified atom stereocenters. The molecule has 0 saturated heterocycles. The average Bonchev–Trinajstić information content (AvgIpc) is 2.95. The van der Waals surface area contributed by atoms with Gasteiger partial charge in [-0.15, -0.1) is 0 Å². The molecule has 4 rings (SSSR count). The molecule has 0 radical (unpaired) electrons. The highest BCUT2D eigenvalue weighted by Crippen LogP contribution is 2.66. The van der Waals surface area contributed by atoms with Gasteiger partial charge in [0.15, 0.2) is 0 Å². The van der Waals surface area contributed by atoms with Crippen molar-refractivity contribution in [1.29, 1.82) is 0 Å². The Morgan fingerprint density at radius 1 is 1.19 bits per heavy atom. The highest BCUT2D eigenvalue weighted by atomic mass is 32.2. The van der Waals surface area contributed by atoms with Crippen LogP contribution in [0.2, 0.25) is 0 Å². The second-order valence-corrected chi connectivity index (χ2v) is 12.2. The van der Waals surface area contributed by atoms with Crippen LogP contribution in [0.4, 0.5) is 0 Å². The van der Waals surface area contributed by atoms with Crippen molar-refractivity contribution in [3.05, 3.63) is 12.2 Å². The van der Waals surface area contributed by atoms with Gasteiger partial charge in [-0.25, -0.2) is 0 Å². The molecule has 4 heteroatoms. The van der Waals surface area contributed by atoms with Gasteiger partial charge in [0.25, 0.3) is 0 Å². The summed E-state index contributed by atoms with van der Waals surface area (Å²) in [7, 11) is -0.746. The van der Waals surface area contributed by atoms with Crippen LogP contribution in [0.1, 0.15) is 71.6 Å². The van der Waals surface area contributed by atoms with Crippen molar-refractivity contribution in [3.63, 3.8) is 0 Å².